The molecule has 2 N–H and O–H groups in total. The summed E-state index contributed by atoms with van der Waals surface area (Å²) in [5.41, 5.74) is 0.621. The molecule has 0 bridgehead atoms. The largest absolute Gasteiger partial charge is 0.393 e. The lowest BCUT2D eigenvalue weighted by Crippen LogP contribution is -2.39. The van der Waals surface area contributed by atoms with Crippen molar-refractivity contribution in [2.24, 2.45) is 11.3 Å². The van der Waals surface area contributed by atoms with E-state index in [9.17, 15) is 5.11 Å². The summed E-state index contributed by atoms with van der Waals surface area (Å²) in [4.78, 5) is 0. The van der Waals surface area contributed by atoms with Gasteiger partial charge in [0.2, 0.25) is 0 Å². The van der Waals surface area contributed by atoms with Crippen LogP contribution in [0.25, 0.3) is 0 Å². The predicted molar refractivity (Wildman–Crippen MR) is 62.8 cm³/mol. The van der Waals surface area contributed by atoms with Gasteiger partial charge in [-0.15, -0.1) is 0 Å². The maximum Gasteiger partial charge on any atom is 0.0541 e. The fourth-order valence-corrected chi connectivity index (χ4v) is 2.75. The first-order valence-corrected chi connectivity index (χ1v) is 6.54. The fraction of sp³-hybridized carbons (Fsp3) is 1.00. The third-order valence-corrected chi connectivity index (χ3v) is 4.56. The lowest BCUT2D eigenvalue weighted by Gasteiger charge is -2.29. The number of rotatable bonds is 4. The van der Waals surface area contributed by atoms with Crippen LogP contribution in [-0.2, 0) is 0 Å². The Labute approximate surface area is 93.5 Å². The molecule has 0 spiro atoms. The highest BCUT2D eigenvalue weighted by molar-refractivity contribution is 4.97. The highest BCUT2D eigenvalue weighted by Gasteiger charge is 2.45. The van der Waals surface area contributed by atoms with E-state index in [1.165, 1.54) is 19.4 Å². The summed E-state index contributed by atoms with van der Waals surface area (Å²) < 4.78 is 0. The lowest BCUT2D eigenvalue weighted by molar-refractivity contribution is 0.114. The number of aliphatic hydroxyl groups excluding tert-OH is 1. The van der Waals surface area contributed by atoms with Crippen molar-refractivity contribution in [3.8, 4) is 0 Å². The Balaban J connectivity index is 1.70. The zero-order chi connectivity index (χ0) is 10.9. The van der Waals surface area contributed by atoms with Crippen LogP contribution in [0.5, 0.6) is 0 Å². The van der Waals surface area contributed by atoms with Crippen LogP contribution in [0.4, 0.5) is 0 Å². The number of aliphatic hydroxyl groups is 1. The minimum atomic E-state index is -0.0250. The van der Waals surface area contributed by atoms with Crippen molar-refractivity contribution in [2.75, 3.05) is 6.54 Å². The molecule has 2 aliphatic carbocycles. The summed E-state index contributed by atoms with van der Waals surface area (Å²) in [6, 6.07) is 0.671. The van der Waals surface area contributed by atoms with Crippen molar-refractivity contribution < 1.29 is 5.11 Å². The monoisotopic (exact) mass is 211 g/mol. The van der Waals surface area contributed by atoms with E-state index in [-0.39, 0.29) is 6.10 Å². The van der Waals surface area contributed by atoms with E-state index in [2.05, 4.69) is 19.2 Å². The van der Waals surface area contributed by atoms with E-state index in [0.29, 0.717) is 11.5 Å². The van der Waals surface area contributed by atoms with Gasteiger partial charge in [0.1, 0.15) is 0 Å². The molecule has 0 radical (unpaired) electrons. The smallest absolute Gasteiger partial charge is 0.0541 e. The van der Waals surface area contributed by atoms with Gasteiger partial charge < -0.3 is 10.4 Å². The van der Waals surface area contributed by atoms with Crippen LogP contribution in [0.2, 0.25) is 0 Å². The Morgan fingerprint density at radius 2 is 1.80 bits per heavy atom. The minimum absolute atomic E-state index is 0.0250. The van der Waals surface area contributed by atoms with Gasteiger partial charge in [0.25, 0.3) is 0 Å². The van der Waals surface area contributed by atoms with Crippen molar-refractivity contribution in [2.45, 2.75) is 64.5 Å². The summed E-state index contributed by atoms with van der Waals surface area (Å²) in [7, 11) is 0. The number of hydrogen-bond acceptors (Lipinski definition) is 2. The summed E-state index contributed by atoms with van der Waals surface area (Å²) >= 11 is 0. The molecule has 88 valence electrons. The fourth-order valence-electron chi connectivity index (χ4n) is 2.75. The van der Waals surface area contributed by atoms with Gasteiger partial charge in [-0.3, -0.25) is 0 Å². The molecule has 2 heteroatoms. The zero-order valence-electron chi connectivity index (χ0n) is 10.1. The van der Waals surface area contributed by atoms with Gasteiger partial charge in [-0.25, -0.2) is 0 Å². The quantitative estimate of drug-likeness (QED) is 0.748. The molecule has 2 fully saturated rings. The number of nitrogens with one attached hydrogen (secondary N) is 1. The lowest BCUT2D eigenvalue weighted by atomic mass is 9.89. The van der Waals surface area contributed by atoms with Crippen molar-refractivity contribution in [3.63, 3.8) is 0 Å². The minimum Gasteiger partial charge on any atom is -0.393 e. The molecule has 0 aliphatic heterocycles. The van der Waals surface area contributed by atoms with E-state index in [0.717, 1.165) is 31.6 Å². The Morgan fingerprint density at radius 1 is 1.20 bits per heavy atom. The van der Waals surface area contributed by atoms with Crippen LogP contribution in [0.1, 0.15) is 52.4 Å². The molecule has 0 amide bonds. The second-order valence-corrected chi connectivity index (χ2v) is 5.90. The second-order valence-electron chi connectivity index (χ2n) is 5.90. The van der Waals surface area contributed by atoms with E-state index >= 15 is 0 Å². The van der Waals surface area contributed by atoms with E-state index < -0.39 is 0 Å². The topological polar surface area (TPSA) is 32.3 Å². The average molecular weight is 211 g/mol. The van der Waals surface area contributed by atoms with E-state index in [1.54, 1.807) is 0 Å². The Morgan fingerprint density at radius 3 is 2.27 bits per heavy atom. The van der Waals surface area contributed by atoms with Crippen molar-refractivity contribution >= 4 is 0 Å². The van der Waals surface area contributed by atoms with Crippen LogP contribution in [0.15, 0.2) is 0 Å². The first kappa shape index (κ1) is 11.4. The Kier molecular flexibility index (Phi) is 3.36. The van der Waals surface area contributed by atoms with Gasteiger partial charge in [0, 0.05) is 12.6 Å². The highest BCUT2D eigenvalue weighted by Crippen LogP contribution is 2.51. The van der Waals surface area contributed by atoms with Gasteiger partial charge in [-0.2, -0.15) is 0 Å². The molecule has 0 aromatic carbocycles. The predicted octanol–water partition coefficient (Wildman–Crippen LogP) is 2.32. The van der Waals surface area contributed by atoms with Gasteiger partial charge in [-0.05, 0) is 49.9 Å². The van der Waals surface area contributed by atoms with Gasteiger partial charge in [-0.1, -0.05) is 13.8 Å². The molecule has 2 aliphatic rings. The maximum atomic E-state index is 9.43. The molecule has 0 aromatic rings. The van der Waals surface area contributed by atoms with Gasteiger partial charge in [0.05, 0.1) is 6.10 Å². The third kappa shape index (κ3) is 2.73. The van der Waals surface area contributed by atoms with Gasteiger partial charge >= 0.3 is 0 Å². The van der Waals surface area contributed by atoms with Crippen molar-refractivity contribution in [3.05, 3.63) is 0 Å². The first-order valence-electron chi connectivity index (χ1n) is 6.54. The molecule has 2 saturated carbocycles. The van der Waals surface area contributed by atoms with E-state index in [1.807, 2.05) is 0 Å². The normalized spacial score (nSPS) is 34.4. The molecule has 0 atom stereocenters. The maximum absolute atomic E-state index is 9.43. The summed E-state index contributed by atoms with van der Waals surface area (Å²) in [5, 5.41) is 13.1. The molecule has 0 saturated heterocycles. The average Bonchev–Trinajstić information content (AvgIpc) is 2.98. The van der Waals surface area contributed by atoms with E-state index in [4.69, 9.17) is 0 Å². The SMILES string of the molecule is CC(C)C1(CNC2CCC(O)CC2)CC1. The molecule has 0 unspecified atom stereocenters. The third-order valence-electron chi connectivity index (χ3n) is 4.56. The van der Waals surface area contributed by atoms with Crippen LogP contribution in [0, 0.1) is 11.3 Å². The molecule has 2 nitrogen and oxygen atoms in total. The molecular formula is C13H25NO. The Bertz CT molecular complexity index is 203. The summed E-state index contributed by atoms with van der Waals surface area (Å²) in [6.45, 7) is 5.89. The second kappa shape index (κ2) is 4.42. The van der Waals surface area contributed by atoms with Crippen molar-refractivity contribution in [1.29, 1.82) is 0 Å². The molecule has 0 aromatic heterocycles. The molecule has 15 heavy (non-hydrogen) atoms. The van der Waals surface area contributed by atoms with Crippen LogP contribution < -0.4 is 5.32 Å². The first-order chi connectivity index (χ1) is 7.12. The number of hydrogen-bond donors (Lipinski definition) is 2. The van der Waals surface area contributed by atoms with Crippen LogP contribution >= 0.6 is 0 Å². The summed E-state index contributed by atoms with van der Waals surface area (Å²) in [6.07, 6.45) is 7.10. The van der Waals surface area contributed by atoms with Crippen molar-refractivity contribution in [1.82, 2.24) is 5.32 Å². The van der Waals surface area contributed by atoms with Crippen LogP contribution in [0.3, 0.4) is 0 Å². The molecule has 2 rings (SSSR count). The highest BCUT2D eigenvalue weighted by atomic mass is 16.3. The van der Waals surface area contributed by atoms with Crippen LogP contribution in [-0.4, -0.2) is 23.8 Å². The Hall–Kier alpha value is -0.0800. The zero-order valence-corrected chi connectivity index (χ0v) is 10.1. The standard InChI is InChI=1S/C13H25NO/c1-10(2)13(7-8-13)9-14-11-3-5-12(15)6-4-11/h10-12,14-15H,3-9H2,1-2H3. The summed E-state index contributed by atoms with van der Waals surface area (Å²) in [5.74, 6) is 0.819. The molecular weight excluding hydrogens is 186 g/mol. The molecule has 0 heterocycles. The van der Waals surface area contributed by atoms with Gasteiger partial charge in [0.15, 0.2) is 0 Å².